The minimum absolute atomic E-state index is 0.0608. The molecule has 1 aliphatic rings. The van der Waals surface area contributed by atoms with Crippen molar-refractivity contribution in [2.45, 2.75) is 52.4 Å². The van der Waals surface area contributed by atoms with Gasteiger partial charge in [-0.25, -0.2) is 4.68 Å². The van der Waals surface area contributed by atoms with Crippen molar-refractivity contribution in [1.82, 2.24) is 9.78 Å². The summed E-state index contributed by atoms with van der Waals surface area (Å²) in [6.07, 6.45) is 6.03. The molecule has 0 spiro atoms. The summed E-state index contributed by atoms with van der Waals surface area (Å²) < 4.78 is 35.6. The minimum Gasteiger partial charge on any atom is -0.400 e. The van der Waals surface area contributed by atoms with Crippen LogP contribution < -0.4 is 5.32 Å². The van der Waals surface area contributed by atoms with Crippen LogP contribution in [0.2, 0.25) is 0 Å². The highest BCUT2D eigenvalue weighted by Gasteiger charge is 2.28. The van der Waals surface area contributed by atoms with Gasteiger partial charge >= 0.3 is 6.55 Å². The number of carbonyl (C=O) groups is 1. The van der Waals surface area contributed by atoms with Gasteiger partial charge in [0.05, 0.1) is 30.3 Å². The van der Waals surface area contributed by atoms with Crippen molar-refractivity contribution in [1.29, 1.82) is 0 Å². The molecule has 1 amide bonds. The summed E-state index contributed by atoms with van der Waals surface area (Å²) in [6.45, 7) is 7.06. The quantitative estimate of drug-likeness (QED) is 0.711. The Bertz CT molecular complexity index is 633. The fourth-order valence-corrected chi connectivity index (χ4v) is 2.38. The van der Waals surface area contributed by atoms with E-state index < -0.39 is 12.7 Å². The van der Waals surface area contributed by atoms with E-state index in [1.165, 1.54) is 0 Å². The van der Waals surface area contributed by atoms with Crippen molar-refractivity contribution in [3.8, 4) is 0 Å². The molecule has 0 radical (unpaired) electrons. The number of rotatable bonds is 6. The van der Waals surface area contributed by atoms with Gasteiger partial charge in [-0.1, -0.05) is 18.7 Å². The Balaban J connectivity index is 0.000000618. The molecular formula is C19H31F2N3O4. The first-order valence-corrected chi connectivity index (χ1v) is 8.82. The van der Waals surface area contributed by atoms with Crippen LogP contribution in [-0.2, 0) is 14.3 Å². The zero-order chi connectivity index (χ0) is 21.7. The van der Waals surface area contributed by atoms with Gasteiger partial charge in [0.15, 0.2) is 0 Å². The second-order valence-electron chi connectivity index (χ2n) is 5.98. The molecule has 1 saturated heterocycles. The second kappa shape index (κ2) is 14.0. The molecule has 0 bridgehead atoms. The standard InChI is InChI=1S/C11H15F2N3O2.C7H12O.CH4O/c1-6-3-4-9(18-6)10(17)14-8-5-16(11(12)13)15-7(8)2;1-4-5-7(2)6-8-3;1-2/h5-6,9,11H,3-4H2,1-2H3,(H,14,17);4-5H,2,6H2,1,3H3;2H,1H3/b;5-4-;. The number of nitrogens with zero attached hydrogens (tertiary/aromatic N) is 2. The van der Waals surface area contributed by atoms with Crippen LogP contribution in [0.3, 0.4) is 0 Å². The molecule has 1 aliphatic heterocycles. The zero-order valence-corrected chi connectivity index (χ0v) is 17.1. The van der Waals surface area contributed by atoms with E-state index >= 15 is 0 Å². The average Bonchev–Trinajstić information content (AvgIpc) is 3.24. The minimum atomic E-state index is -2.71. The lowest BCUT2D eigenvalue weighted by molar-refractivity contribution is -0.126. The Morgan fingerprint density at radius 2 is 2.18 bits per heavy atom. The van der Waals surface area contributed by atoms with E-state index in [-0.39, 0.29) is 12.0 Å². The summed E-state index contributed by atoms with van der Waals surface area (Å²) in [5, 5.41) is 13.2. The molecule has 1 fully saturated rings. The molecule has 9 heteroatoms. The Kier molecular flexibility index (Phi) is 12.9. The van der Waals surface area contributed by atoms with E-state index in [9.17, 15) is 13.6 Å². The maximum atomic E-state index is 12.4. The summed E-state index contributed by atoms with van der Waals surface area (Å²) in [7, 11) is 2.66. The highest BCUT2D eigenvalue weighted by molar-refractivity contribution is 5.94. The van der Waals surface area contributed by atoms with E-state index in [1.807, 2.05) is 26.0 Å². The number of aromatic nitrogens is 2. The molecule has 2 rings (SSSR count). The number of anilines is 1. The van der Waals surface area contributed by atoms with Crippen molar-refractivity contribution in [2.24, 2.45) is 0 Å². The van der Waals surface area contributed by atoms with Crippen LogP contribution in [0.15, 0.2) is 30.5 Å². The highest BCUT2D eigenvalue weighted by Crippen LogP contribution is 2.22. The Morgan fingerprint density at radius 1 is 1.54 bits per heavy atom. The van der Waals surface area contributed by atoms with Gasteiger partial charge < -0.3 is 19.9 Å². The van der Waals surface area contributed by atoms with Crippen LogP contribution in [-0.4, -0.2) is 53.8 Å². The van der Waals surface area contributed by atoms with Crippen LogP contribution in [0.5, 0.6) is 0 Å². The smallest absolute Gasteiger partial charge is 0.333 e. The molecule has 2 N–H and O–H groups in total. The number of alkyl halides is 2. The summed E-state index contributed by atoms with van der Waals surface area (Å²) in [5.41, 5.74) is 1.66. The van der Waals surface area contributed by atoms with Gasteiger partial charge in [-0.3, -0.25) is 4.79 Å². The predicted molar refractivity (Wildman–Crippen MR) is 104 cm³/mol. The Morgan fingerprint density at radius 3 is 2.61 bits per heavy atom. The fourth-order valence-electron chi connectivity index (χ4n) is 2.38. The first-order valence-electron chi connectivity index (χ1n) is 8.82. The molecular weight excluding hydrogens is 372 g/mol. The van der Waals surface area contributed by atoms with E-state index in [0.717, 1.165) is 25.3 Å². The number of nitrogens with one attached hydrogen (secondary N) is 1. The number of amides is 1. The van der Waals surface area contributed by atoms with Crippen molar-refractivity contribution < 1.29 is 28.2 Å². The van der Waals surface area contributed by atoms with Crippen LogP contribution in [0, 0.1) is 6.92 Å². The van der Waals surface area contributed by atoms with Crippen molar-refractivity contribution in [2.75, 3.05) is 26.1 Å². The number of allylic oxidation sites excluding steroid dienone is 1. The number of hydrogen-bond donors (Lipinski definition) is 2. The van der Waals surface area contributed by atoms with Gasteiger partial charge in [-0.15, -0.1) is 0 Å². The van der Waals surface area contributed by atoms with Crippen molar-refractivity contribution >= 4 is 11.6 Å². The Labute approximate surface area is 165 Å². The van der Waals surface area contributed by atoms with Gasteiger partial charge in [0.1, 0.15) is 6.10 Å². The molecule has 0 saturated carbocycles. The molecule has 0 aliphatic carbocycles. The molecule has 1 aromatic rings. The molecule has 160 valence electrons. The van der Waals surface area contributed by atoms with Crippen molar-refractivity contribution in [3.05, 3.63) is 36.2 Å². The number of aliphatic hydroxyl groups excluding tert-OH is 1. The van der Waals surface area contributed by atoms with E-state index in [2.05, 4.69) is 17.0 Å². The summed E-state index contributed by atoms with van der Waals surface area (Å²) in [5.74, 6) is -0.309. The summed E-state index contributed by atoms with van der Waals surface area (Å²) >= 11 is 0. The Hall–Kier alpha value is -2.10. The number of aryl methyl sites for hydroxylation is 1. The van der Waals surface area contributed by atoms with Crippen LogP contribution >= 0.6 is 0 Å². The fraction of sp³-hybridized carbons (Fsp3) is 0.579. The number of hydrogen-bond acceptors (Lipinski definition) is 5. The van der Waals surface area contributed by atoms with E-state index in [1.54, 1.807) is 14.0 Å². The third-order valence-electron chi connectivity index (χ3n) is 3.63. The molecule has 7 nitrogen and oxygen atoms in total. The average molecular weight is 403 g/mol. The second-order valence-corrected chi connectivity index (χ2v) is 5.98. The lowest BCUT2D eigenvalue weighted by Crippen LogP contribution is -2.27. The van der Waals surface area contributed by atoms with Gasteiger partial charge in [-0.05, 0) is 39.2 Å². The number of methoxy groups -OCH3 is 1. The molecule has 0 aromatic carbocycles. The molecule has 1 aromatic heterocycles. The predicted octanol–water partition coefficient (Wildman–Crippen LogP) is 3.47. The largest absolute Gasteiger partial charge is 0.400 e. The number of aliphatic hydroxyl groups is 1. The number of halogens is 2. The molecule has 2 unspecified atom stereocenters. The van der Waals surface area contributed by atoms with Crippen LogP contribution in [0.1, 0.15) is 38.9 Å². The zero-order valence-electron chi connectivity index (χ0n) is 17.1. The summed E-state index contributed by atoms with van der Waals surface area (Å²) in [6, 6.07) is 0. The van der Waals surface area contributed by atoms with Gasteiger partial charge in [0, 0.05) is 14.2 Å². The molecule has 2 atom stereocenters. The summed E-state index contributed by atoms with van der Waals surface area (Å²) in [4.78, 5) is 11.8. The lowest BCUT2D eigenvalue weighted by atomic mass is 10.2. The first-order chi connectivity index (χ1) is 13.3. The van der Waals surface area contributed by atoms with Crippen molar-refractivity contribution in [3.63, 3.8) is 0 Å². The van der Waals surface area contributed by atoms with Crippen LogP contribution in [0.4, 0.5) is 14.5 Å². The van der Waals surface area contributed by atoms with E-state index in [0.29, 0.717) is 29.1 Å². The third kappa shape index (κ3) is 9.20. The third-order valence-corrected chi connectivity index (χ3v) is 3.63. The number of ether oxygens (including phenoxy) is 2. The normalized spacial score (nSPS) is 18.3. The van der Waals surface area contributed by atoms with E-state index in [4.69, 9.17) is 14.6 Å². The monoisotopic (exact) mass is 403 g/mol. The molecule has 28 heavy (non-hydrogen) atoms. The van der Waals surface area contributed by atoms with Gasteiger partial charge in [-0.2, -0.15) is 13.9 Å². The topological polar surface area (TPSA) is 85.6 Å². The first kappa shape index (κ1) is 25.9. The molecule has 2 heterocycles. The number of carbonyl (C=O) groups excluding carboxylic acids is 1. The SMILES string of the molecule is C=C(/C=C\C)COC.CO.Cc1nn(C(F)F)cc1NC(=O)C1CCC(C)O1. The van der Waals surface area contributed by atoms with Gasteiger partial charge in [0.2, 0.25) is 0 Å². The maximum Gasteiger partial charge on any atom is 0.333 e. The maximum absolute atomic E-state index is 12.4. The highest BCUT2D eigenvalue weighted by atomic mass is 19.3. The lowest BCUT2D eigenvalue weighted by Gasteiger charge is -2.10. The van der Waals surface area contributed by atoms with Crippen LogP contribution in [0.25, 0.3) is 0 Å². The van der Waals surface area contributed by atoms with Gasteiger partial charge in [0.25, 0.3) is 5.91 Å².